The molecule has 0 atom stereocenters. The number of ketones is 1. The number of hydrogen-bond donors (Lipinski definition) is 2. The van der Waals surface area contributed by atoms with E-state index in [2.05, 4.69) is 26.6 Å². The number of halogens is 1. The zero-order valence-corrected chi connectivity index (χ0v) is 11.2. The number of rotatable bonds is 6. The van der Waals surface area contributed by atoms with Gasteiger partial charge in [0.2, 0.25) is 5.91 Å². The topological polar surface area (TPSA) is 58.2 Å². The average Bonchev–Trinajstić information content (AvgIpc) is 2.29. The predicted molar refractivity (Wildman–Crippen MR) is 70.0 cm³/mol. The lowest BCUT2D eigenvalue weighted by Gasteiger charge is -2.05. The standard InChI is InChI=1S/C12H15BrN2O2/c1-9(16)15-7-6-14-8-12(17)10-2-4-11(13)5-3-10/h2-5,14H,6-8H2,1H3,(H,15,16). The third-order valence-electron chi connectivity index (χ3n) is 2.13. The fourth-order valence-electron chi connectivity index (χ4n) is 1.27. The summed E-state index contributed by atoms with van der Waals surface area (Å²) in [5, 5.41) is 5.63. The molecule has 0 bridgehead atoms. The molecule has 5 heteroatoms. The first-order valence-electron chi connectivity index (χ1n) is 5.33. The maximum atomic E-state index is 11.7. The van der Waals surface area contributed by atoms with Gasteiger partial charge in [-0.15, -0.1) is 0 Å². The summed E-state index contributed by atoms with van der Waals surface area (Å²) in [4.78, 5) is 22.3. The molecule has 0 saturated heterocycles. The quantitative estimate of drug-likeness (QED) is 0.616. The molecule has 0 aliphatic rings. The van der Waals surface area contributed by atoms with Gasteiger partial charge in [0.25, 0.3) is 0 Å². The largest absolute Gasteiger partial charge is 0.355 e. The molecule has 1 aromatic carbocycles. The molecule has 0 saturated carbocycles. The van der Waals surface area contributed by atoms with Crippen LogP contribution in [0.1, 0.15) is 17.3 Å². The highest BCUT2D eigenvalue weighted by molar-refractivity contribution is 9.10. The van der Waals surface area contributed by atoms with Gasteiger partial charge < -0.3 is 10.6 Å². The van der Waals surface area contributed by atoms with E-state index in [0.717, 1.165) is 4.47 Å². The van der Waals surface area contributed by atoms with E-state index in [9.17, 15) is 9.59 Å². The monoisotopic (exact) mass is 298 g/mol. The van der Waals surface area contributed by atoms with Crippen LogP contribution >= 0.6 is 15.9 Å². The van der Waals surface area contributed by atoms with Crippen LogP contribution in [-0.4, -0.2) is 31.3 Å². The Morgan fingerprint density at radius 3 is 2.41 bits per heavy atom. The van der Waals surface area contributed by atoms with E-state index in [1.165, 1.54) is 6.92 Å². The van der Waals surface area contributed by atoms with E-state index in [-0.39, 0.29) is 18.2 Å². The van der Waals surface area contributed by atoms with E-state index in [1.807, 2.05) is 12.1 Å². The number of benzene rings is 1. The number of Topliss-reactive ketones (excluding diaryl/α,β-unsaturated/α-hetero) is 1. The van der Waals surface area contributed by atoms with Crippen LogP contribution in [0.15, 0.2) is 28.7 Å². The van der Waals surface area contributed by atoms with Crippen molar-refractivity contribution in [3.63, 3.8) is 0 Å². The van der Waals surface area contributed by atoms with Crippen LogP contribution in [0.3, 0.4) is 0 Å². The Hall–Kier alpha value is -1.20. The molecule has 0 heterocycles. The third kappa shape index (κ3) is 5.60. The highest BCUT2D eigenvalue weighted by atomic mass is 79.9. The van der Waals surface area contributed by atoms with Crippen LogP contribution in [-0.2, 0) is 4.79 Å². The number of carbonyl (C=O) groups excluding carboxylic acids is 2. The van der Waals surface area contributed by atoms with E-state index in [4.69, 9.17) is 0 Å². The van der Waals surface area contributed by atoms with Crippen molar-refractivity contribution >= 4 is 27.6 Å². The second-order valence-corrected chi connectivity index (χ2v) is 4.51. The molecule has 0 aliphatic heterocycles. The van der Waals surface area contributed by atoms with Gasteiger partial charge in [0, 0.05) is 30.0 Å². The second-order valence-electron chi connectivity index (χ2n) is 3.59. The summed E-state index contributed by atoms with van der Waals surface area (Å²) in [6, 6.07) is 7.24. The van der Waals surface area contributed by atoms with Crippen molar-refractivity contribution in [3.05, 3.63) is 34.3 Å². The first-order valence-corrected chi connectivity index (χ1v) is 6.13. The molecule has 17 heavy (non-hydrogen) atoms. The highest BCUT2D eigenvalue weighted by Gasteiger charge is 2.04. The smallest absolute Gasteiger partial charge is 0.216 e. The summed E-state index contributed by atoms with van der Waals surface area (Å²) in [6.45, 7) is 2.86. The fraction of sp³-hybridized carbons (Fsp3) is 0.333. The molecule has 1 amide bonds. The van der Waals surface area contributed by atoms with Crippen molar-refractivity contribution in [2.75, 3.05) is 19.6 Å². The second kappa shape index (κ2) is 7.19. The molecular formula is C12H15BrN2O2. The first-order chi connectivity index (χ1) is 8.09. The fourth-order valence-corrected chi connectivity index (χ4v) is 1.53. The Labute approximate surface area is 109 Å². The van der Waals surface area contributed by atoms with Gasteiger partial charge in [-0.05, 0) is 12.1 Å². The van der Waals surface area contributed by atoms with Crippen LogP contribution in [0.4, 0.5) is 0 Å². The Morgan fingerprint density at radius 1 is 1.18 bits per heavy atom. The Balaban J connectivity index is 2.25. The van der Waals surface area contributed by atoms with Crippen molar-refractivity contribution in [2.45, 2.75) is 6.92 Å². The van der Waals surface area contributed by atoms with Gasteiger partial charge in [-0.1, -0.05) is 28.1 Å². The molecule has 0 aliphatic carbocycles. The first kappa shape index (κ1) is 13.9. The van der Waals surface area contributed by atoms with E-state index in [0.29, 0.717) is 18.7 Å². The SMILES string of the molecule is CC(=O)NCCNCC(=O)c1ccc(Br)cc1. The maximum absolute atomic E-state index is 11.7. The van der Waals surface area contributed by atoms with Gasteiger partial charge in [0.15, 0.2) is 5.78 Å². The Bertz CT molecular complexity index is 390. The van der Waals surface area contributed by atoms with Crippen LogP contribution in [0, 0.1) is 0 Å². The molecule has 0 unspecified atom stereocenters. The molecule has 2 N–H and O–H groups in total. The van der Waals surface area contributed by atoms with Crippen LogP contribution < -0.4 is 10.6 Å². The average molecular weight is 299 g/mol. The van der Waals surface area contributed by atoms with Crippen molar-refractivity contribution < 1.29 is 9.59 Å². The van der Waals surface area contributed by atoms with Gasteiger partial charge in [-0.3, -0.25) is 9.59 Å². The molecule has 1 rings (SSSR count). The van der Waals surface area contributed by atoms with Gasteiger partial charge in [0.1, 0.15) is 0 Å². The minimum atomic E-state index is -0.0639. The molecule has 1 aromatic rings. The minimum absolute atomic E-state index is 0.0420. The molecule has 0 fully saturated rings. The lowest BCUT2D eigenvalue weighted by atomic mass is 10.1. The molecular weight excluding hydrogens is 284 g/mol. The predicted octanol–water partition coefficient (Wildman–Crippen LogP) is 1.36. The van der Waals surface area contributed by atoms with Gasteiger partial charge in [-0.2, -0.15) is 0 Å². The lowest BCUT2D eigenvalue weighted by molar-refractivity contribution is -0.118. The van der Waals surface area contributed by atoms with Gasteiger partial charge in [0.05, 0.1) is 6.54 Å². The zero-order valence-electron chi connectivity index (χ0n) is 9.63. The summed E-state index contributed by atoms with van der Waals surface area (Å²) in [6.07, 6.45) is 0. The zero-order chi connectivity index (χ0) is 12.7. The maximum Gasteiger partial charge on any atom is 0.216 e. The summed E-state index contributed by atoms with van der Waals surface area (Å²) in [7, 11) is 0. The number of nitrogens with one attached hydrogen (secondary N) is 2. The molecule has 0 spiro atoms. The number of carbonyl (C=O) groups is 2. The van der Waals surface area contributed by atoms with E-state index < -0.39 is 0 Å². The minimum Gasteiger partial charge on any atom is -0.355 e. The number of hydrogen-bond acceptors (Lipinski definition) is 3. The Morgan fingerprint density at radius 2 is 1.82 bits per heavy atom. The molecule has 0 radical (unpaired) electrons. The van der Waals surface area contributed by atoms with Crippen molar-refractivity contribution in [1.82, 2.24) is 10.6 Å². The molecule has 0 aromatic heterocycles. The van der Waals surface area contributed by atoms with Crippen LogP contribution in [0.25, 0.3) is 0 Å². The van der Waals surface area contributed by atoms with E-state index in [1.54, 1.807) is 12.1 Å². The summed E-state index contributed by atoms with van der Waals surface area (Å²) in [5.41, 5.74) is 0.681. The summed E-state index contributed by atoms with van der Waals surface area (Å²) >= 11 is 3.31. The van der Waals surface area contributed by atoms with Gasteiger partial charge >= 0.3 is 0 Å². The van der Waals surface area contributed by atoms with Crippen LogP contribution in [0.5, 0.6) is 0 Å². The molecule has 4 nitrogen and oxygen atoms in total. The van der Waals surface area contributed by atoms with Crippen molar-refractivity contribution in [2.24, 2.45) is 0 Å². The van der Waals surface area contributed by atoms with Crippen molar-refractivity contribution in [1.29, 1.82) is 0 Å². The number of amides is 1. The Kier molecular flexibility index (Phi) is 5.86. The highest BCUT2D eigenvalue weighted by Crippen LogP contribution is 2.10. The summed E-state index contributed by atoms with van der Waals surface area (Å²) < 4.78 is 0.952. The normalized spacial score (nSPS) is 10.0. The van der Waals surface area contributed by atoms with Gasteiger partial charge in [-0.25, -0.2) is 0 Å². The lowest BCUT2D eigenvalue weighted by Crippen LogP contribution is -2.32. The summed E-state index contributed by atoms with van der Waals surface area (Å²) in [5.74, 6) is -0.0219. The van der Waals surface area contributed by atoms with Crippen molar-refractivity contribution in [3.8, 4) is 0 Å². The molecule has 92 valence electrons. The third-order valence-corrected chi connectivity index (χ3v) is 2.66. The van der Waals surface area contributed by atoms with Crippen LogP contribution in [0.2, 0.25) is 0 Å². The van der Waals surface area contributed by atoms with E-state index >= 15 is 0 Å².